The first-order valence-corrected chi connectivity index (χ1v) is 10.7. The highest BCUT2D eigenvalue weighted by Crippen LogP contribution is 2.30. The molecule has 0 fully saturated rings. The number of hydrogen-bond acceptors (Lipinski definition) is 2. The average Bonchev–Trinajstić information content (AvgIpc) is 2.60. The molecule has 0 spiro atoms. The van der Waals surface area contributed by atoms with Gasteiger partial charge < -0.3 is 10.0 Å². The van der Waals surface area contributed by atoms with Gasteiger partial charge in [-0.15, -0.1) is 0 Å². The van der Waals surface area contributed by atoms with Gasteiger partial charge in [0, 0.05) is 0 Å². The van der Waals surface area contributed by atoms with Gasteiger partial charge in [0.15, 0.2) is 0 Å². The second-order valence-corrected chi connectivity index (χ2v) is 9.00. The fraction of sp³-hybridized carbons (Fsp3) is 0.333. The first-order chi connectivity index (χ1) is 13.2. The van der Waals surface area contributed by atoms with Gasteiger partial charge in [-0.25, -0.2) is 0 Å². The quantitative estimate of drug-likeness (QED) is 0.566. The van der Waals surface area contributed by atoms with Crippen molar-refractivity contribution in [1.82, 2.24) is 0 Å². The zero-order valence-electron chi connectivity index (χ0n) is 17.1. The van der Waals surface area contributed by atoms with Crippen LogP contribution < -0.4 is 0 Å². The largest absolute Gasteiger partial charge is 0.484 e. The third-order valence-electron chi connectivity index (χ3n) is 5.57. The molecule has 2 aromatic carbocycles. The van der Waals surface area contributed by atoms with Gasteiger partial charge in [0.25, 0.3) is 0 Å². The van der Waals surface area contributed by atoms with E-state index in [9.17, 15) is 0 Å². The zero-order chi connectivity index (χ0) is 20.4. The Bertz CT molecular complexity index is 958. The highest BCUT2D eigenvalue weighted by atomic mass is 79.9. The lowest BCUT2D eigenvalue weighted by Gasteiger charge is -2.18. The van der Waals surface area contributed by atoms with Crippen LogP contribution >= 0.6 is 15.9 Å². The molecule has 2 aliphatic rings. The number of aryl methyl sites for hydroxylation is 4. The van der Waals surface area contributed by atoms with Gasteiger partial charge >= 0.3 is 7.12 Å². The van der Waals surface area contributed by atoms with E-state index >= 15 is 0 Å². The van der Waals surface area contributed by atoms with Gasteiger partial charge in [-0.05, 0) is 103 Å². The predicted molar refractivity (Wildman–Crippen MR) is 124 cm³/mol. The second-order valence-electron chi connectivity index (χ2n) is 7.98. The average molecular weight is 439 g/mol. The van der Waals surface area contributed by atoms with E-state index in [1.807, 2.05) is 6.08 Å². The van der Waals surface area contributed by atoms with Crippen LogP contribution in [0.2, 0.25) is 0 Å². The number of halogens is 1. The van der Waals surface area contributed by atoms with Crippen molar-refractivity contribution in [2.24, 2.45) is 0 Å². The molecule has 0 saturated heterocycles. The summed E-state index contributed by atoms with van der Waals surface area (Å²) in [7, 11) is -1.31. The Balaban J connectivity index is 0.000000162. The van der Waals surface area contributed by atoms with E-state index in [2.05, 4.69) is 74.0 Å². The molecule has 0 saturated carbocycles. The van der Waals surface area contributed by atoms with E-state index in [1.165, 1.54) is 49.8 Å². The fourth-order valence-electron chi connectivity index (χ4n) is 4.23. The minimum atomic E-state index is -1.31. The van der Waals surface area contributed by atoms with Crippen molar-refractivity contribution in [3.05, 3.63) is 78.7 Å². The van der Waals surface area contributed by atoms with Gasteiger partial charge in [0.2, 0.25) is 0 Å². The molecule has 0 atom stereocenters. The molecule has 0 amide bonds. The van der Waals surface area contributed by atoms with Crippen LogP contribution in [0.3, 0.4) is 0 Å². The summed E-state index contributed by atoms with van der Waals surface area (Å²) in [5.74, 6) is 0. The molecule has 0 bridgehead atoms. The smallest absolute Gasteiger partial charge is 0.423 e. The number of hydrogen-bond donors (Lipinski definition) is 2. The Morgan fingerprint density at radius 2 is 1.21 bits per heavy atom. The summed E-state index contributed by atoms with van der Waals surface area (Å²) in [6.45, 7) is 8.54. The minimum absolute atomic E-state index is 0.715. The highest BCUT2D eigenvalue weighted by Gasteiger charge is 2.20. The number of allylic oxidation sites excluding steroid dienone is 2. The first kappa shape index (κ1) is 21.1. The normalized spacial score (nSPS) is 14.8. The number of benzene rings is 2. The van der Waals surface area contributed by atoms with E-state index in [0.717, 1.165) is 24.8 Å². The lowest BCUT2D eigenvalue weighted by Crippen LogP contribution is -2.18. The lowest BCUT2D eigenvalue weighted by atomic mass is 9.71. The van der Waals surface area contributed by atoms with Crippen molar-refractivity contribution >= 4 is 35.2 Å². The summed E-state index contributed by atoms with van der Waals surface area (Å²) < 4.78 is 1.32. The molecule has 28 heavy (non-hydrogen) atoms. The molecule has 0 unspecified atom stereocenters. The maximum absolute atomic E-state index is 9.13. The Morgan fingerprint density at radius 1 is 0.714 bits per heavy atom. The van der Waals surface area contributed by atoms with Crippen LogP contribution in [0.5, 0.6) is 0 Å². The van der Waals surface area contributed by atoms with Crippen LogP contribution in [0.4, 0.5) is 0 Å². The van der Waals surface area contributed by atoms with Crippen molar-refractivity contribution in [3.8, 4) is 0 Å². The molecule has 0 aromatic heterocycles. The molecule has 2 nitrogen and oxygen atoms in total. The molecule has 0 aliphatic heterocycles. The minimum Gasteiger partial charge on any atom is -0.423 e. The van der Waals surface area contributed by atoms with E-state index < -0.39 is 7.12 Å². The lowest BCUT2D eigenvalue weighted by molar-refractivity contribution is 0.417. The van der Waals surface area contributed by atoms with Crippen LogP contribution in [0.1, 0.15) is 57.3 Å². The van der Waals surface area contributed by atoms with Crippen LogP contribution in [0, 0.1) is 27.7 Å². The Kier molecular flexibility index (Phi) is 6.64. The Labute approximate surface area is 177 Å². The Hall–Kier alpha value is -1.62. The van der Waals surface area contributed by atoms with Gasteiger partial charge in [0.1, 0.15) is 0 Å². The molecule has 2 aromatic rings. The molecule has 0 heterocycles. The summed E-state index contributed by atoms with van der Waals surface area (Å²) in [6.07, 6.45) is 8.14. The molecule has 146 valence electrons. The topological polar surface area (TPSA) is 40.5 Å². The van der Waals surface area contributed by atoms with Crippen LogP contribution in [-0.2, 0) is 12.8 Å². The number of fused-ring (bicyclic) bond motifs is 2. The summed E-state index contributed by atoms with van der Waals surface area (Å²) in [6, 6.07) is 8.81. The van der Waals surface area contributed by atoms with Gasteiger partial charge in [-0.1, -0.05) is 57.4 Å². The highest BCUT2D eigenvalue weighted by molar-refractivity contribution is 9.11. The van der Waals surface area contributed by atoms with E-state index in [-0.39, 0.29) is 0 Å². The molecular weight excluding hydrogens is 411 g/mol. The van der Waals surface area contributed by atoms with Crippen molar-refractivity contribution in [1.29, 1.82) is 0 Å². The van der Waals surface area contributed by atoms with Crippen molar-refractivity contribution in [3.63, 3.8) is 0 Å². The van der Waals surface area contributed by atoms with Crippen molar-refractivity contribution in [2.45, 2.75) is 53.4 Å². The predicted octanol–water partition coefficient (Wildman–Crippen LogP) is 5.63. The summed E-state index contributed by atoms with van der Waals surface area (Å²) >= 11 is 3.57. The van der Waals surface area contributed by atoms with Gasteiger partial charge in [-0.3, -0.25) is 0 Å². The summed E-state index contributed by atoms with van der Waals surface area (Å²) in [5, 5.41) is 18.3. The van der Waals surface area contributed by atoms with Gasteiger partial charge in [0.05, 0.1) is 0 Å². The standard InChI is InChI=1S/C12H15BO2.C12H13Br/c1-8-5-9(2)12-4-3-11(13(14)15)7-10(12)6-8;1-8-5-9(2)12-4-3-11(13)7-10(12)6-8/h5-7,14-15H,3-4H2,1-2H3;5-7H,3-4H2,1-2H3. The van der Waals surface area contributed by atoms with Crippen LogP contribution in [0.25, 0.3) is 12.2 Å². The molecule has 0 radical (unpaired) electrons. The van der Waals surface area contributed by atoms with Crippen LogP contribution in [0.15, 0.2) is 34.2 Å². The molecular formula is C24H28BBrO2. The third kappa shape index (κ3) is 4.86. The second kappa shape index (κ2) is 8.81. The van der Waals surface area contributed by atoms with Crippen molar-refractivity contribution < 1.29 is 10.0 Å². The Morgan fingerprint density at radius 3 is 1.75 bits per heavy atom. The summed E-state index contributed by atoms with van der Waals surface area (Å²) in [5.41, 5.74) is 11.4. The molecule has 2 N–H and O–H groups in total. The fourth-order valence-corrected chi connectivity index (χ4v) is 4.68. The van der Waals surface area contributed by atoms with Gasteiger partial charge in [-0.2, -0.15) is 0 Å². The maximum Gasteiger partial charge on any atom is 0.484 e. The van der Waals surface area contributed by atoms with E-state index in [1.54, 1.807) is 0 Å². The molecule has 4 heteroatoms. The van der Waals surface area contributed by atoms with E-state index in [0.29, 0.717) is 5.47 Å². The monoisotopic (exact) mass is 438 g/mol. The van der Waals surface area contributed by atoms with Crippen LogP contribution in [-0.4, -0.2) is 17.2 Å². The summed E-state index contributed by atoms with van der Waals surface area (Å²) in [4.78, 5) is 0. The molecule has 2 aliphatic carbocycles. The SMILES string of the molecule is Cc1cc(C)c2c(c1)C=C(B(O)O)CC2.Cc1cc(C)c2c(c1)C=C(Br)CC2. The maximum atomic E-state index is 9.13. The molecule has 4 rings (SSSR count). The number of rotatable bonds is 1. The van der Waals surface area contributed by atoms with Crippen molar-refractivity contribution in [2.75, 3.05) is 0 Å². The van der Waals surface area contributed by atoms with E-state index in [4.69, 9.17) is 10.0 Å². The first-order valence-electron chi connectivity index (χ1n) is 9.87. The zero-order valence-corrected chi connectivity index (χ0v) is 18.7. The third-order valence-corrected chi connectivity index (χ3v) is 6.19.